The minimum absolute atomic E-state index is 0.0811. The van der Waals surface area contributed by atoms with Crippen LogP contribution in [0, 0.1) is 0 Å². The average Bonchev–Trinajstić information content (AvgIpc) is 3.01. The highest BCUT2D eigenvalue weighted by Crippen LogP contribution is 2.33. The largest absolute Gasteiger partial charge is 0.509 e. The number of aliphatic hydroxyl groups excluding tert-OH is 1. The third kappa shape index (κ3) is 7.47. The Labute approximate surface area is 185 Å². The molecule has 2 aliphatic heterocycles. The first-order valence-electron chi connectivity index (χ1n) is 12.1. The predicted octanol–water partition coefficient (Wildman–Crippen LogP) is 4.11. The molecule has 2 N–H and O–H groups in total. The monoisotopic (exact) mass is 434 g/mol. The fourth-order valence-electron chi connectivity index (χ4n) is 4.31. The summed E-state index contributed by atoms with van der Waals surface area (Å²) >= 11 is 0. The molecule has 0 radical (unpaired) electrons. The first-order chi connectivity index (χ1) is 15.0. The Bertz CT molecular complexity index is 685. The molecular weight excluding hydrogens is 396 g/mol. The molecule has 2 rings (SSSR count). The molecular formula is C24H38N2O5. The molecule has 0 saturated carbocycles. The molecule has 2 heterocycles. The Morgan fingerprint density at radius 2 is 1.61 bits per heavy atom. The minimum atomic E-state index is -0.653. The number of hydrogen-bond donors (Lipinski definition) is 2. The van der Waals surface area contributed by atoms with Crippen LogP contribution < -0.4 is 5.32 Å². The van der Waals surface area contributed by atoms with Crippen LogP contribution in [0.5, 0.6) is 0 Å². The van der Waals surface area contributed by atoms with E-state index in [1.807, 2.05) is 0 Å². The number of nitrogens with one attached hydrogen (secondary N) is 1. The molecule has 0 spiro atoms. The van der Waals surface area contributed by atoms with Crippen LogP contribution in [0.3, 0.4) is 0 Å². The van der Waals surface area contributed by atoms with Crippen LogP contribution in [-0.4, -0.2) is 46.1 Å². The van der Waals surface area contributed by atoms with E-state index in [9.17, 15) is 24.3 Å². The number of carbonyl (C=O) groups excluding carboxylic acids is 4. The lowest BCUT2D eigenvalue weighted by molar-refractivity contribution is -0.145. The Morgan fingerprint density at radius 1 is 0.968 bits per heavy atom. The smallest absolute Gasteiger partial charge is 0.268 e. The molecule has 3 amide bonds. The van der Waals surface area contributed by atoms with E-state index in [1.165, 1.54) is 32.1 Å². The summed E-state index contributed by atoms with van der Waals surface area (Å²) in [6, 6.07) is -0.653. The zero-order valence-electron chi connectivity index (χ0n) is 18.9. The van der Waals surface area contributed by atoms with Gasteiger partial charge in [-0.1, -0.05) is 51.9 Å². The molecule has 174 valence electrons. The molecule has 0 aliphatic carbocycles. The van der Waals surface area contributed by atoms with E-state index in [-0.39, 0.29) is 36.0 Å². The minimum Gasteiger partial charge on any atom is -0.509 e. The number of fused-ring (bicyclic) bond motifs is 1. The van der Waals surface area contributed by atoms with Crippen LogP contribution in [0.1, 0.15) is 103 Å². The van der Waals surface area contributed by atoms with Crippen molar-refractivity contribution in [3.05, 3.63) is 11.3 Å². The van der Waals surface area contributed by atoms with Crippen molar-refractivity contribution in [3.63, 3.8) is 0 Å². The van der Waals surface area contributed by atoms with Gasteiger partial charge in [-0.15, -0.1) is 0 Å². The van der Waals surface area contributed by atoms with Crippen LogP contribution in [-0.2, 0) is 19.2 Å². The summed E-state index contributed by atoms with van der Waals surface area (Å²) in [6.45, 7) is 2.79. The number of carbonyl (C=O) groups is 4. The van der Waals surface area contributed by atoms with Crippen molar-refractivity contribution < 1.29 is 24.3 Å². The second-order valence-electron chi connectivity index (χ2n) is 8.69. The lowest BCUT2D eigenvalue weighted by atomic mass is 10.0. The van der Waals surface area contributed by atoms with Gasteiger partial charge in [0.1, 0.15) is 11.3 Å². The molecule has 0 aromatic rings. The van der Waals surface area contributed by atoms with Crippen molar-refractivity contribution in [2.45, 2.75) is 109 Å². The van der Waals surface area contributed by atoms with Crippen molar-refractivity contribution in [3.8, 4) is 0 Å². The second kappa shape index (κ2) is 13.3. The summed E-state index contributed by atoms with van der Waals surface area (Å²) in [4.78, 5) is 49.7. The summed E-state index contributed by atoms with van der Waals surface area (Å²) in [5.41, 5.74) is -0.205. The van der Waals surface area contributed by atoms with Gasteiger partial charge in [0.2, 0.25) is 11.8 Å². The standard InChI is InChI=1S/C24H38N2O5/c1-2-3-4-5-6-7-10-15-20(28)25-17-11-8-9-14-19(27)22-23(30)18-13-12-16-21(29)26(18)24(22)31/h18,30H,2-17H2,1H3,(H,25,28)/t18-/m0/s1. The highest BCUT2D eigenvalue weighted by molar-refractivity contribution is 6.24. The molecule has 0 unspecified atom stereocenters. The third-order valence-electron chi connectivity index (χ3n) is 6.14. The zero-order valence-corrected chi connectivity index (χ0v) is 18.9. The molecule has 31 heavy (non-hydrogen) atoms. The highest BCUT2D eigenvalue weighted by atomic mass is 16.3. The van der Waals surface area contributed by atoms with Crippen LogP contribution in [0.15, 0.2) is 11.3 Å². The van der Waals surface area contributed by atoms with Crippen molar-refractivity contribution in [1.82, 2.24) is 10.2 Å². The number of unbranched alkanes of at least 4 members (excludes halogenated alkanes) is 8. The van der Waals surface area contributed by atoms with Gasteiger partial charge in [-0.3, -0.25) is 24.1 Å². The van der Waals surface area contributed by atoms with Gasteiger partial charge >= 0.3 is 0 Å². The van der Waals surface area contributed by atoms with Gasteiger partial charge in [-0.25, -0.2) is 0 Å². The molecule has 7 heteroatoms. The Kier molecular flexibility index (Phi) is 10.7. The van der Waals surface area contributed by atoms with Crippen LogP contribution in [0.4, 0.5) is 0 Å². The van der Waals surface area contributed by atoms with E-state index in [1.54, 1.807) is 0 Å². The number of piperidine rings is 1. The molecule has 1 saturated heterocycles. The van der Waals surface area contributed by atoms with E-state index in [0.717, 1.165) is 30.6 Å². The summed E-state index contributed by atoms with van der Waals surface area (Å²) in [7, 11) is 0. The number of aliphatic hydroxyl groups is 1. The lowest BCUT2D eigenvalue weighted by Crippen LogP contribution is -2.44. The van der Waals surface area contributed by atoms with Gasteiger partial charge < -0.3 is 10.4 Å². The van der Waals surface area contributed by atoms with Crippen molar-refractivity contribution in [1.29, 1.82) is 0 Å². The molecule has 1 atom stereocenters. The lowest BCUT2D eigenvalue weighted by Gasteiger charge is -2.27. The maximum atomic E-state index is 12.4. The highest BCUT2D eigenvalue weighted by Gasteiger charge is 2.46. The van der Waals surface area contributed by atoms with Crippen molar-refractivity contribution >= 4 is 23.5 Å². The molecule has 0 aromatic heterocycles. The summed E-state index contributed by atoms with van der Waals surface area (Å²) < 4.78 is 0. The number of imide groups is 1. The van der Waals surface area contributed by atoms with Gasteiger partial charge in [-0.2, -0.15) is 0 Å². The van der Waals surface area contributed by atoms with E-state index >= 15 is 0 Å². The van der Waals surface area contributed by atoms with E-state index in [4.69, 9.17) is 0 Å². The first-order valence-corrected chi connectivity index (χ1v) is 12.1. The van der Waals surface area contributed by atoms with Gasteiger partial charge in [0.05, 0.1) is 6.04 Å². The summed E-state index contributed by atoms with van der Waals surface area (Å²) in [5, 5.41) is 13.2. The summed E-state index contributed by atoms with van der Waals surface area (Å²) in [6.07, 6.45) is 12.5. The van der Waals surface area contributed by atoms with E-state index in [2.05, 4.69) is 12.2 Å². The van der Waals surface area contributed by atoms with Gasteiger partial charge in [-0.05, 0) is 32.1 Å². The van der Waals surface area contributed by atoms with Gasteiger partial charge in [0.15, 0.2) is 5.78 Å². The van der Waals surface area contributed by atoms with Gasteiger partial charge in [0.25, 0.3) is 5.91 Å². The van der Waals surface area contributed by atoms with Crippen LogP contribution in [0.25, 0.3) is 0 Å². The number of rotatable bonds is 15. The van der Waals surface area contributed by atoms with Crippen molar-refractivity contribution in [2.24, 2.45) is 0 Å². The number of nitrogens with zero attached hydrogens (tertiary/aromatic N) is 1. The molecule has 0 aromatic carbocycles. The number of amides is 3. The fourth-order valence-corrected chi connectivity index (χ4v) is 4.31. The Hall–Kier alpha value is -2.18. The third-order valence-corrected chi connectivity index (χ3v) is 6.14. The van der Waals surface area contributed by atoms with Crippen LogP contribution in [0.2, 0.25) is 0 Å². The normalized spacial score (nSPS) is 18.5. The second-order valence-corrected chi connectivity index (χ2v) is 8.69. The predicted molar refractivity (Wildman–Crippen MR) is 118 cm³/mol. The van der Waals surface area contributed by atoms with E-state index in [0.29, 0.717) is 32.2 Å². The molecule has 2 aliphatic rings. The van der Waals surface area contributed by atoms with Gasteiger partial charge in [0, 0.05) is 25.8 Å². The zero-order chi connectivity index (χ0) is 22.6. The number of hydrogen-bond acceptors (Lipinski definition) is 5. The Morgan fingerprint density at radius 3 is 2.32 bits per heavy atom. The van der Waals surface area contributed by atoms with Crippen LogP contribution >= 0.6 is 0 Å². The molecule has 1 fully saturated rings. The fraction of sp³-hybridized carbons (Fsp3) is 0.750. The SMILES string of the molecule is CCCCCCCCCC(=O)NCCCCCC(=O)C1=C(O)[C@@H]2CCCC(=O)N2C1=O. The number of Topliss-reactive ketones (excluding diaryl/α,β-unsaturated/α-hetero) is 1. The maximum Gasteiger partial charge on any atom is 0.268 e. The summed E-state index contributed by atoms with van der Waals surface area (Å²) in [5.74, 6) is -1.51. The van der Waals surface area contributed by atoms with Crippen molar-refractivity contribution in [2.75, 3.05) is 6.54 Å². The quantitative estimate of drug-likeness (QED) is 0.229. The first kappa shape index (κ1) is 25.1. The number of ketones is 1. The molecule has 0 bridgehead atoms. The topological polar surface area (TPSA) is 104 Å². The van der Waals surface area contributed by atoms with E-state index < -0.39 is 17.7 Å². The Balaban J connectivity index is 1.55. The molecule has 7 nitrogen and oxygen atoms in total. The maximum absolute atomic E-state index is 12.4. The average molecular weight is 435 g/mol.